The fourth-order valence-corrected chi connectivity index (χ4v) is 3.24. The van der Waals surface area contributed by atoms with Crippen molar-refractivity contribution in [1.29, 1.82) is 0 Å². The maximum absolute atomic E-state index is 10.2. The predicted octanol–water partition coefficient (Wildman–Crippen LogP) is 6.34. The molecule has 0 spiro atoms. The summed E-state index contributed by atoms with van der Waals surface area (Å²) in [4.78, 5) is 0. The third-order valence-electron chi connectivity index (χ3n) is 4.81. The molecule has 0 heterocycles. The molecule has 2 heteroatoms. The van der Waals surface area contributed by atoms with E-state index >= 15 is 0 Å². The van der Waals surface area contributed by atoms with Crippen molar-refractivity contribution in [2.45, 2.75) is 66.4 Å². The molecule has 0 saturated carbocycles. The van der Waals surface area contributed by atoms with Crippen molar-refractivity contribution in [2.24, 2.45) is 5.41 Å². The highest BCUT2D eigenvalue weighted by Crippen LogP contribution is 2.40. The second-order valence-electron chi connectivity index (χ2n) is 7.67. The Morgan fingerprint density at radius 2 is 1.92 bits per heavy atom. The summed E-state index contributed by atoms with van der Waals surface area (Å²) < 4.78 is 0. The number of aliphatic hydroxyl groups excluding tert-OH is 2. The number of rotatable bonds is 7. The topological polar surface area (TPSA) is 40.5 Å². The van der Waals surface area contributed by atoms with Crippen molar-refractivity contribution < 1.29 is 10.2 Å². The van der Waals surface area contributed by atoms with Gasteiger partial charge in [0.1, 0.15) is 5.76 Å². The van der Waals surface area contributed by atoms with Crippen molar-refractivity contribution >= 4 is 0 Å². The molecule has 0 fully saturated rings. The quantitative estimate of drug-likeness (QED) is 0.322. The van der Waals surface area contributed by atoms with Crippen LogP contribution < -0.4 is 0 Å². The molecule has 25 heavy (non-hydrogen) atoms. The van der Waals surface area contributed by atoms with E-state index in [9.17, 15) is 10.2 Å². The molecule has 2 nitrogen and oxygen atoms in total. The summed E-state index contributed by atoms with van der Waals surface area (Å²) in [5.74, 6) is 0.245. The van der Waals surface area contributed by atoms with Crippen molar-refractivity contribution in [3.05, 3.63) is 71.1 Å². The van der Waals surface area contributed by atoms with E-state index in [1.54, 1.807) is 18.2 Å². The third-order valence-corrected chi connectivity index (χ3v) is 4.81. The minimum absolute atomic E-state index is 0.200. The van der Waals surface area contributed by atoms with Gasteiger partial charge in [-0.3, -0.25) is 0 Å². The van der Waals surface area contributed by atoms with Gasteiger partial charge in [0.05, 0.1) is 6.10 Å². The largest absolute Gasteiger partial charge is 0.508 e. The van der Waals surface area contributed by atoms with Crippen molar-refractivity contribution in [3.63, 3.8) is 0 Å². The van der Waals surface area contributed by atoms with Crippen molar-refractivity contribution in [2.75, 3.05) is 0 Å². The van der Waals surface area contributed by atoms with Crippen LogP contribution in [0.4, 0.5) is 0 Å². The van der Waals surface area contributed by atoms with E-state index in [0.717, 1.165) is 17.6 Å². The summed E-state index contributed by atoms with van der Waals surface area (Å²) in [5.41, 5.74) is 4.77. The Morgan fingerprint density at radius 1 is 1.24 bits per heavy atom. The lowest BCUT2D eigenvalue weighted by atomic mass is 9.72. The van der Waals surface area contributed by atoms with E-state index in [4.69, 9.17) is 0 Å². The molecule has 1 unspecified atom stereocenters. The average Bonchev–Trinajstić information content (AvgIpc) is 2.51. The minimum atomic E-state index is -0.530. The van der Waals surface area contributed by atoms with Gasteiger partial charge in [-0.25, -0.2) is 0 Å². The maximum Gasteiger partial charge on any atom is 0.118 e. The molecule has 1 rings (SSSR count). The zero-order valence-electron chi connectivity index (χ0n) is 16.5. The Kier molecular flexibility index (Phi) is 8.18. The summed E-state index contributed by atoms with van der Waals surface area (Å²) in [6.07, 6.45) is 14.7. The van der Waals surface area contributed by atoms with Gasteiger partial charge in [0.2, 0.25) is 0 Å². The second-order valence-corrected chi connectivity index (χ2v) is 7.67. The Morgan fingerprint density at radius 3 is 2.52 bits per heavy atom. The molecule has 1 aliphatic rings. The number of allylic oxidation sites excluding steroid dienone is 8. The van der Waals surface area contributed by atoms with Gasteiger partial charge in [-0.05, 0) is 69.1 Å². The summed E-state index contributed by atoms with van der Waals surface area (Å²) in [6, 6.07) is 0. The van der Waals surface area contributed by atoms with Crippen molar-refractivity contribution in [1.82, 2.24) is 0 Å². The molecule has 0 aromatic carbocycles. The van der Waals surface area contributed by atoms with Crippen LogP contribution in [0, 0.1) is 5.41 Å². The average molecular weight is 343 g/mol. The van der Waals surface area contributed by atoms with Gasteiger partial charge in [-0.2, -0.15) is 0 Å². The molecular formula is C23H34O2. The first-order valence-corrected chi connectivity index (χ1v) is 9.11. The van der Waals surface area contributed by atoms with Crippen LogP contribution in [0.1, 0.15) is 60.3 Å². The molecule has 138 valence electrons. The fourth-order valence-electron chi connectivity index (χ4n) is 3.24. The number of aliphatic hydroxyl groups is 2. The normalized spacial score (nSPS) is 21.0. The minimum Gasteiger partial charge on any atom is -0.508 e. The van der Waals surface area contributed by atoms with E-state index < -0.39 is 6.10 Å². The van der Waals surface area contributed by atoms with E-state index in [1.165, 1.54) is 24.0 Å². The zero-order chi connectivity index (χ0) is 19.0. The second kappa shape index (κ2) is 9.62. The molecule has 0 bridgehead atoms. The maximum atomic E-state index is 10.2. The Bertz CT molecular complexity index is 624. The van der Waals surface area contributed by atoms with Crippen LogP contribution in [0.2, 0.25) is 0 Å². The highest BCUT2D eigenvalue weighted by atomic mass is 16.3. The Balaban J connectivity index is 2.88. The molecule has 0 aromatic rings. The Hall–Kier alpha value is -1.80. The molecule has 0 radical (unpaired) electrons. The first kappa shape index (κ1) is 21.2. The monoisotopic (exact) mass is 342 g/mol. The van der Waals surface area contributed by atoms with Crippen LogP contribution in [0.5, 0.6) is 0 Å². The lowest BCUT2D eigenvalue weighted by Crippen LogP contribution is -2.19. The van der Waals surface area contributed by atoms with Crippen LogP contribution in [0.15, 0.2) is 71.1 Å². The van der Waals surface area contributed by atoms with E-state index in [2.05, 4.69) is 33.4 Å². The first-order valence-electron chi connectivity index (χ1n) is 9.11. The number of hydrogen-bond donors (Lipinski definition) is 2. The van der Waals surface area contributed by atoms with Gasteiger partial charge < -0.3 is 10.2 Å². The lowest BCUT2D eigenvalue weighted by molar-refractivity contribution is 0.226. The van der Waals surface area contributed by atoms with E-state index in [-0.39, 0.29) is 11.2 Å². The van der Waals surface area contributed by atoms with Gasteiger partial charge in [-0.1, -0.05) is 55.4 Å². The third kappa shape index (κ3) is 6.91. The van der Waals surface area contributed by atoms with Gasteiger partial charge >= 0.3 is 0 Å². The molecule has 0 aliphatic heterocycles. The highest BCUT2D eigenvalue weighted by molar-refractivity contribution is 5.38. The highest BCUT2D eigenvalue weighted by Gasteiger charge is 2.26. The SMILES string of the molecule is C=CCC(O)/C=C(C)\C=C/C(O)=C(C)C=CC1=C(C)CCCC1(C)C. The molecule has 2 N–H and O–H groups in total. The van der Waals surface area contributed by atoms with Crippen LogP contribution in [0.3, 0.4) is 0 Å². The Labute approximate surface area is 153 Å². The van der Waals surface area contributed by atoms with Gasteiger partial charge in [0, 0.05) is 0 Å². The molecule has 1 atom stereocenters. The molecule has 0 saturated heterocycles. The first-order chi connectivity index (χ1) is 11.7. The smallest absolute Gasteiger partial charge is 0.118 e. The fraction of sp³-hybridized carbons (Fsp3) is 0.478. The summed E-state index contributed by atoms with van der Waals surface area (Å²) in [5, 5.41) is 20.0. The lowest BCUT2D eigenvalue weighted by Gasteiger charge is -2.32. The standard InChI is InChI=1S/C23H34O2/c1-7-9-20(24)16-17(2)11-14-22(25)19(4)12-13-21-18(3)10-8-15-23(21,5)6/h7,11-14,16,20,24-25H,1,8-10,15H2,2-6H3/b13-12?,14-11-,17-16-,22-19?. The van der Waals surface area contributed by atoms with Crippen LogP contribution >= 0.6 is 0 Å². The molecule has 0 amide bonds. The van der Waals surface area contributed by atoms with Gasteiger partial charge in [0.15, 0.2) is 0 Å². The van der Waals surface area contributed by atoms with Crippen molar-refractivity contribution in [3.8, 4) is 0 Å². The molecular weight excluding hydrogens is 308 g/mol. The van der Waals surface area contributed by atoms with Gasteiger partial charge in [0.25, 0.3) is 0 Å². The predicted molar refractivity (Wildman–Crippen MR) is 109 cm³/mol. The summed E-state index contributed by atoms with van der Waals surface area (Å²) in [6.45, 7) is 14.2. The van der Waals surface area contributed by atoms with Crippen LogP contribution in [-0.4, -0.2) is 16.3 Å². The zero-order valence-corrected chi connectivity index (χ0v) is 16.5. The van der Waals surface area contributed by atoms with Crippen LogP contribution in [0.25, 0.3) is 0 Å². The summed E-state index contributed by atoms with van der Waals surface area (Å²) >= 11 is 0. The van der Waals surface area contributed by atoms with E-state index in [1.807, 2.05) is 26.0 Å². The van der Waals surface area contributed by atoms with E-state index in [0.29, 0.717) is 6.42 Å². The molecule has 0 aromatic heterocycles. The number of hydrogen-bond acceptors (Lipinski definition) is 2. The van der Waals surface area contributed by atoms with Crippen LogP contribution in [-0.2, 0) is 0 Å². The van der Waals surface area contributed by atoms with Gasteiger partial charge in [-0.15, -0.1) is 6.58 Å². The molecule has 1 aliphatic carbocycles. The summed E-state index contributed by atoms with van der Waals surface area (Å²) in [7, 11) is 0.